The molecule has 2 atom stereocenters. The molecule has 0 bridgehead atoms. The van der Waals surface area contributed by atoms with Gasteiger partial charge in [0.05, 0.1) is 0 Å². The first-order valence-electron chi connectivity index (χ1n) is 3.92. The molecule has 10 heteroatoms. The zero-order valence-electron chi connectivity index (χ0n) is 8.28. The summed E-state index contributed by atoms with van der Waals surface area (Å²) < 4.78 is 0. The summed E-state index contributed by atoms with van der Waals surface area (Å²) in [4.78, 5) is 20.5. The van der Waals surface area contributed by atoms with Gasteiger partial charge in [0.25, 0.3) is 0 Å². The highest BCUT2D eigenvalue weighted by Crippen LogP contribution is 2.22. The van der Waals surface area contributed by atoms with Crippen LogP contribution in [0.25, 0.3) is 0 Å². The smallest absolute Gasteiger partial charge is 0.321 e. The van der Waals surface area contributed by atoms with Gasteiger partial charge in [0, 0.05) is 11.5 Å². The second-order valence-electron chi connectivity index (χ2n) is 2.46. The fourth-order valence-electron chi connectivity index (χ4n) is 0.385. The van der Waals surface area contributed by atoms with Gasteiger partial charge in [0.2, 0.25) is 0 Å². The highest BCUT2D eigenvalue weighted by molar-refractivity contribution is 8.76. The number of hydrogen-bond acceptors (Lipinski definition) is 8. The average Bonchev–Trinajstić information content (AvgIpc) is 2.26. The Morgan fingerprint density at radius 1 is 0.938 bits per heavy atom. The third-order valence-electron chi connectivity index (χ3n) is 1.21. The lowest BCUT2D eigenvalue weighted by atomic mass is 10.4. The molecule has 0 aromatic rings. The molecule has 0 aliphatic rings. The van der Waals surface area contributed by atoms with Crippen molar-refractivity contribution in [2.24, 2.45) is 17.4 Å². The van der Waals surface area contributed by atoms with Crippen LogP contribution in [-0.4, -0.2) is 50.9 Å². The molecule has 0 aliphatic heterocycles. The molecule has 0 aromatic heterocycles. The maximum Gasteiger partial charge on any atom is 0.321 e. The number of carboxylic acids is 2. The minimum Gasteiger partial charge on any atom is -0.480 e. The Labute approximate surface area is 99.9 Å². The lowest BCUT2D eigenvalue weighted by Gasteiger charge is -2.07. The molecular formula is C6H15N3O5S2. The number of nitrogens with two attached hydrogens (primary N) is 3. The third kappa shape index (κ3) is 10.0. The van der Waals surface area contributed by atoms with Crippen molar-refractivity contribution in [3.8, 4) is 0 Å². The molecule has 0 radical (unpaired) electrons. The van der Waals surface area contributed by atoms with E-state index in [1.807, 2.05) is 0 Å². The minimum absolute atomic E-state index is 0.229. The van der Waals surface area contributed by atoms with E-state index in [-0.39, 0.29) is 11.5 Å². The van der Waals surface area contributed by atoms with E-state index in [1.54, 1.807) is 0 Å². The van der Waals surface area contributed by atoms with Gasteiger partial charge < -0.3 is 26.9 Å². The van der Waals surface area contributed by atoms with Gasteiger partial charge in [-0.05, 0) is 0 Å². The lowest BCUT2D eigenvalue weighted by Crippen LogP contribution is -2.33. The molecule has 0 saturated heterocycles. The second kappa shape index (κ2) is 11.0. The molecule has 0 fully saturated rings. The molecule has 8 nitrogen and oxygen atoms in total. The zero-order valence-corrected chi connectivity index (χ0v) is 9.91. The zero-order chi connectivity index (χ0) is 13.1. The molecule has 0 saturated carbocycles. The van der Waals surface area contributed by atoms with Crippen molar-refractivity contribution in [1.29, 1.82) is 0 Å². The molecule has 0 aromatic carbocycles. The van der Waals surface area contributed by atoms with E-state index < -0.39 is 24.0 Å². The van der Waals surface area contributed by atoms with Gasteiger partial charge >= 0.3 is 11.9 Å². The molecule has 0 spiro atoms. The highest BCUT2D eigenvalue weighted by Gasteiger charge is 2.14. The topological polar surface area (TPSA) is 173 Å². The van der Waals surface area contributed by atoms with Crippen LogP contribution in [0.3, 0.4) is 0 Å². The molecule has 0 heterocycles. The largest absolute Gasteiger partial charge is 0.480 e. The number of hydrogen-bond donors (Lipinski definition) is 6. The Kier molecular flexibility index (Phi) is 12.3. The van der Waals surface area contributed by atoms with Gasteiger partial charge in [0.1, 0.15) is 12.1 Å². The highest BCUT2D eigenvalue weighted by atomic mass is 33.1. The van der Waals surface area contributed by atoms with Gasteiger partial charge in [-0.25, -0.2) is 5.90 Å². The molecule has 96 valence electrons. The van der Waals surface area contributed by atoms with Gasteiger partial charge in [-0.3, -0.25) is 9.59 Å². The van der Waals surface area contributed by atoms with E-state index in [0.717, 1.165) is 0 Å². The van der Waals surface area contributed by atoms with Crippen molar-refractivity contribution >= 4 is 33.5 Å². The van der Waals surface area contributed by atoms with Crippen LogP contribution in [0.5, 0.6) is 0 Å². The molecular weight excluding hydrogens is 258 g/mol. The lowest BCUT2D eigenvalue weighted by molar-refractivity contribution is -0.138. The first kappa shape index (κ1) is 17.9. The van der Waals surface area contributed by atoms with Crippen LogP contribution in [0.2, 0.25) is 0 Å². The van der Waals surface area contributed by atoms with Crippen LogP contribution < -0.4 is 17.4 Å². The monoisotopic (exact) mass is 273 g/mol. The summed E-state index contributed by atoms with van der Waals surface area (Å²) in [5, 5.41) is 23.3. The molecule has 2 unspecified atom stereocenters. The quantitative estimate of drug-likeness (QED) is 0.182. The van der Waals surface area contributed by atoms with E-state index in [9.17, 15) is 9.59 Å². The van der Waals surface area contributed by atoms with Crippen LogP contribution in [0.4, 0.5) is 0 Å². The van der Waals surface area contributed by atoms with Crippen molar-refractivity contribution in [3.63, 3.8) is 0 Å². The Hall–Kier alpha value is -0.520. The summed E-state index contributed by atoms with van der Waals surface area (Å²) >= 11 is 0. The van der Waals surface area contributed by atoms with E-state index in [2.05, 4.69) is 5.90 Å². The Bertz CT molecular complexity index is 196. The van der Waals surface area contributed by atoms with Crippen molar-refractivity contribution in [1.82, 2.24) is 0 Å². The number of carbonyl (C=O) groups is 2. The van der Waals surface area contributed by atoms with Crippen LogP contribution in [0, 0.1) is 0 Å². The SMILES string of the molecule is NC(CSSCC(N)C(=O)O)C(=O)O.NO. The van der Waals surface area contributed by atoms with E-state index in [4.69, 9.17) is 26.9 Å². The summed E-state index contributed by atoms with van der Waals surface area (Å²) in [6.07, 6.45) is 0. The normalized spacial score (nSPS) is 13.2. The summed E-state index contributed by atoms with van der Waals surface area (Å²) in [5.74, 6) is 1.82. The second-order valence-corrected chi connectivity index (χ2v) is 5.01. The van der Waals surface area contributed by atoms with Crippen molar-refractivity contribution in [2.45, 2.75) is 12.1 Å². The van der Waals surface area contributed by atoms with Crippen molar-refractivity contribution < 1.29 is 25.0 Å². The standard InChI is InChI=1S/C6H12N2O4S2.H3NO/c7-3(5(9)10)1-13-14-2-4(8)6(11)12;1-2/h3-4H,1-2,7-8H2,(H,9,10)(H,11,12);2H,1H2. The van der Waals surface area contributed by atoms with E-state index in [0.29, 0.717) is 0 Å². The van der Waals surface area contributed by atoms with Gasteiger partial charge in [-0.2, -0.15) is 0 Å². The summed E-state index contributed by atoms with van der Waals surface area (Å²) in [6, 6.07) is -1.85. The van der Waals surface area contributed by atoms with Crippen LogP contribution in [-0.2, 0) is 9.59 Å². The Balaban J connectivity index is 0. The third-order valence-corrected chi connectivity index (χ3v) is 3.69. The van der Waals surface area contributed by atoms with Gasteiger partial charge in [0.15, 0.2) is 0 Å². The van der Waals surface area contributed by atoms with Crippen molar-refractivity contribution in [2.75, 3.05) is 11.5 Å². The van der Waals surface area contributed by atoms with Crippen LogP contribution >= 0.6 is 21.6 Å². The first-order chi connectivity index (χ1) is 7.45. The molecule has 16 heavy (non-hydrogen) atoms. The first-order valence-corrected chi connectivity index (χ1v) is 6.41. The van der Waals surface area contributed by atoms with E-state index in [1.165, 1.54) is 21.6 Å². The van der Waals surface area contributed by atoms with Gasteiger partial charge in [-0.1, -0.05) is 21.6 Å². The van der Waals surface area contributed by atoms with Gasteiger partial charge in [-0.15, -0.1) is 0 Å². The average molecular weight is 273 g/mol. The summed E-state index contributed by atoms with van der Waals surface area (Å²) in [7, 11) is 2.41. The predicted octanol–water partition coefficient (Wildman–Crippen LogP) is -1.47. The maximum absolute atomic E-state index is 10.3. The Morgan fingerprint density at radius 3 is 1.38 bits per heavy atom. The molecule has 0 rings (SSSR count). The fraction of sp³-hybridized carbons (Fsp3) is 0.667. The van der Waals surface area contributed by atoms with Crippen LogP contribution in [0.15, 0.2) is 0 Å². The van der Waals surface area contributed by atoms with Crippen LogP contribution in [0.1, 0.15) is 0 Å². The molecule has 9 N–H and O–H groups in total. The van der Waals surface area contributed by atoms with E-state index >= 15 is 0 Å². The number of rotatable bonds is 7. The van der Waals surface area contributed by atoms with Crippen molar-refractivity contribution in [3.05, 3.63) is 0 Å². The molecule has 0 amide bonds. The number of aliphatic carboxylic acids is 2. The summed E-state index contributed by atoms with van der Waals surface area (Å²) in [5.41, 5.74) is 10.4. The fourth-order valence-corrected chi connectivity index (χ4v) is 2.61. The predicted molar refractivity (Wildman–Crippen MR) is 62.1 cm³/mol. The minimum atomic E-state index is -1.07. The Morgan fingerprint density at radius 2 is 1.19 bits per heavy atom. The molecule has 0 aliphatic carbocycles. The summed E-state index contributed by atoms with van der Waals surface area (Å²) in [6.45, 7) is 0. The maximum atomic E-state index is 10.3. The number of carboxylic acid groups (broad SMARTS) is 2.